The Labute approximate surface area is 238 Å². The average molecular weight is 549 g/mol. The van der Waals surface area contributed by atoms with Crippen LogP contribution in [0.3, 0.4) is 0 Å². The third kappa shape index (κ3) is 5.69. The van der Waals surface area contributed by atoms with E-state index in [1.54, 1.807) is 13.3 Å². The van der Waals surface area contributed by atoms with Gasteiger partial charge in [-0.05, 0) is 51.8 Å². The second kappa shape index (κ2) is 11.8. The molecular formula is C30H44N8O2. The van der Waals surface area contributed by atoms with E-state index in [2.05, 4.69) is 67.4 Å². The molecule has 1 aromatic carbocycles. The molecule has 0 bridgehead atoms. The van der Waals surface area contributed by atoms with Crippen molar-refractivity contribution in [2.45, 2.75) is 70.0 Å². The highest BCUT2D eigenvalue weighted by molar-refractivity contribution is 5.96. The summed E-state index contributed by atoms with van der Waals surface area (Å²) >= 11 is 0. The maximum atomic E-state index is 12.5. The zero-order valence-corrected chi connectivity index (χ0v) is 24.2. The molecule has 1 aliphatic carbocycles. The summed E-state index contributed by atoms with van der Waals surface area (Å²) in [7, 11) is 3.93. The normalized spacial score (nSPS) is 23.6. The minimum atomic E-state index is 0.0170. The standard InChI is InChI=1S/C30H44N8O2/c1-21-18-28(39)32-26-20-31-30(34-29(26)38(21)23-6-4-5-7-23)33-25-9-8-24(19-27(25)40-3)36-12-10-22(11-13-36)37-16-14-35(2)15-17-37/h8-9,19-23H,4-7,10-18H2,1-3H3,(H,32,39)(H,31,33,34). The number of rotatable bonds is 6. The summed E-state index contributed by atoms with van der Waals surface area (Å²) in [6.07, 6.45) is 9.28. The number of carbonyl (C=O) groups excluding carboxylic acids is 1. The lowest BCUT2D eigenvalue weighted by atomic mass is 10.0. The molecular weight excluding hydrogens is 504 g/mol. The molecule has 4 heterocycles. The molecule has 1 unspecified atom stereocenters. The summed E-state index contributed by atoms with van der Waals surface area (Å²) < 4.78 is 5.82. The van der Waals surface area contributed by atoms with Gasteiger partial charge in [-0.25, -0.2) is 4.98 Å². The van der Waals surface area contributed by atoms with Gasteiger partial charge in [0.2, 0.25) is 11.9 Å². The topological polar surface area (TPSA) is 89.1 Å². The van der Waals surface area contributed by atoms with Crippen LogP contribution in [-0.2, 0) is 4.79 Å². The first-order valence-corrected chi connectivity index (χ1v) is 15.1. The monoisotopic (exact) mass is 548 g/mol. The minimum Gasteiger partial charge on any atom is -0.494 e. The predicted molar refractivity (Wildman–Crippen MR) is 160 cm³/mol. The van der Waals surface area contributed by atoms with Crippen molar-refractivity contribution in [3.63, 3.8) is 0 Å². The molecule has 1 aromatic heterocycles. The molecule has 216 valence electrons. The largest absolute Gasteiger partial charge is 0.494 e. The number of nitrogens with one attached hydrogen (secondary N) is 2. The summed E-state index contributed by atoms with van der Waals surface area (Å²) in [5.74, 6) is 2.10. The number of fused-ring (bicyclic) bond motifs is 1. The number of piperazine rings is 1. The number of benzene rings is 1. The Morgan fingerprint density at radius 2 is 1.75 bits per heavy atom. The van der Waals surface area contributed by atoms with Gasteiger partial charge >= 0.3 is 0 Å². The van der Waals surface area contributed by atoms with E-state index in [4.69, 9.17) is 9.72 Å². The van der Waals surface area contributed by atoms with Gasteiger partial charge in [0.15, 0.2) is 5.82 Å². The number of methoxy groups -OCH3 is 1. The first kappa shape index (κ1) is 27.1. The summed E-state index contributed by atoms with van der Waals surface area (Å²) in [5, 5.41) is 6.42. The first-order valence-electron chi connectivity index (χ1n) is 15.1. The number of nitrogens with zero attached hydrogens (tertiary/aromatic N) is 6. The number of amides is 1. The molecule has 40 heavy (non-hydrogen) atoms. The van der Waals surface area contributed by atoms with E-state index >= 15 is 0 Å². The van der Waals surface area contributed by atoms with Crippen molar-refractivity contribution in [1.29, 1.82) is 0 Å². The molecule has 3 fully saturated rings. The van der Waals surface area contributed by atoms with E-state index in [0.29, 0.717) is 30.1 Å². The fourth-order valence-corrected chi connectivity index (χ4v) is 6.99. The zero-order valence-electron chi connectivity index (χ0n) is 24.2. The number of aromatic nitrogens is 2. The van der Waals surface area contributed by atoms with E-state index in [-0.39, 0.29) is 11.9 Å². The zero-order chi connectivity index (χ0) is 27.6. The van der Waals surface area contributed by atoms with Crippen molar-refractivity contribution < 1.29 is 9.53 Å². The Kier molecular flexibility index (Phi) is 7.98. The molecule has 2 N–H and O–H groups in total. The predicted octanol–water partition coefficient (Wildman–Crippen LogP) is 3.92. The molecule has 0 spiro atoms. The van der Waals surface area contributed by atoms with E-state index < -0.39 is 0 Å². The van der Waals surface area contributed by atoms with Crippen LogP contribution >= 0.6 is 0 Å². The second-order valence-corrected chi connectivity index (χ2v) is 11.9. The lowest BCUT2D eigenvalue weighted by Crippen LogP contribution is -2.52. The number of hydrogen-bond acceptors (Lipinski definition) is 9. The van der Waals surface area contributed by atoms with Gasteiger partial charge in [-0.1, -0.05) is 12.8 Å². The molecule has 2 aromatic rings. The Morgan fingerprint density at radius 3 is 2.48 bits per heavy atom. The Bertz CT molecular complexity index is 1190. The van der Waals surface area contributed by atoms with E-state index in [0.717, 1.165) is 43.2 Å². The lowest BCUT2D eigenvalue weighted by molar-refractivity contribution is -0.116. The smallest absolute Gasteiger partial charge is 0.229 e. The maximum Gasteiger partial charge on any atom is 0.229 e. The third-order valence-electron chi connectivity index (χ3n) is 9.28. The first-order chi connectivity index (χ1) is 19.5. The molecule has 1 atom stereocenters. The van der Waals surface area contributed by atoms with Crippen molar-refractivity contribution in [2.24, 2.45) is 0 Å². The van der Waals surface area contributed by atoms with Crippen molar-refractivity contribution in [2.75, 3.05) is 73.9 Å². The average Bonchev–Trinajstić information content (AvgIpc) is 3.45. The van der Waals surface area contributed by atoms with E-state index in [1.165, 1.54) is 57.5 Å². The van der Waals surface area contributed by atoms with Crippen LogP contribution < -0.4 is 25.2 Å². The van der Waals surface area contributed by atoms with Gasteiger partial charge in [0.05, 0.1) is 19.0 Å². The SMILES string of the molecule is COc1cc(N2CCC(N3CCN(C)CC3)CC2)ccc1Nc1ncc2c(n1)N(C1CCCC1)C(C)CC(=O)N2. The number of piperidine rings is 1. The molecule has 4 aliphatic rings. The molecule has 2 saturated heterocycles. The summed E-state index contributed by atoms with van der Waals surface area (Å²) in [5.41, 5.74) is 2.71. The van der Waals surface area contributed by atoms with Crippen LogP contribution in [-0.4, -0.2) is 97.2 Å². The number of ether oxygens (including phenoxy) is 1. The van der Waals surface area contributed by atoms with E-state index in [1.807, 2.05) is 0 Å². The minimum absolute atomic E-state index is 0.0170. The molecule has 6 rings (SSSR count). The van der Waals surface area contributed by atoms with Gasteiger partial charge < -0.3 is 30.1 Å². The van der Waals surface area contributed by atoms with Gasteiger partial charge in [-0.15, -0.1) is 0 Å². The Hall–Kier alpha value is -3.11. The lowest BCUT2D eigenvalue weighted by Gasteiger charge is -2.42. The van der Waals surface area contributed by atoms with Crippen molar-refractivity contribution in [3.05, 3.63) is 24.4 Å². The molecule has 1 saturated carbocycles. The molecule has 10 nitrogen and oxygen atoms in total. The molecule has 0 radical (unpaired) electrons. The van der Waals surface area contributed by atoms with Crippen LogP contribution in [0.2, 0.25) is 0 Å². The highest BCUT2D eigenvalue weighted by atomic mass is 16.5. The molecule has 10 heteroatoms. The number of hydrogen-bond donors (Lipinski definition) is 2. The van der Waals surface area contributed by atoms with Crippen LogP contribution in [0.1, 0.15) is 51.9 Å². The fraction of sp³-hybridized carbons (Fsp3) is 0.633. The number of anilines is 5. The quantitative estimate of drug-likeness (QED) is 0.558. The van der Waals surface area contributed by atoms with Gasteiger partial charge in [0, 0.05) is 75.6 Å². The van der Waals surface area contributed by atoms with Crippen molar-refractivity contribution in [3.8, 4) is 5.75 Å². The van der Waals surface area contributed by atoms with Crippen molar-refractivity contribution >= 4 is 34.7 Å². The Morgan fingerprint density at radius 1 is 1.00 bits per heavy atom. The Balaban J connectivity index is 1.16. The highest BCUT2D eigenvalue weighted by Crippen LogP contribution is 2.38. The fourth-order valence-electron chi connectivity index (χ4n) is 6.99. The van der Waals surface area contributed by atoms with Gasteiger partial charge in [0.25, 0.3) is 0 Å². The van der Waals surface area contributed by atoms with Crippen molar-refractivity contribution in [1.82, 2.24) is 19.8 Å². The van der Waals surface area contributed by atoms with Crippen LogP contribution in [0.15, 0.2) is 24.4 Å². The van der Waals surface area contributed by atoms with Crippen LogP contribution in [0.25, 0.3) is 0 Å². The number of likely N-dealkylation sites (N-methyl/N-ethyl adjacent to an activating group) is 1. The van der Waals surface area contributed by atoms with Gasteiger partial charge in [-0.3, -0.25) is 9.69 Å². The van der Waals surface area contributed by atoms with Crippen LogP contribution in [0.4, 0.5) is 28.8 Å². The number of carbonyl (C=O) groups is 1. The maximum absolute atomic E-state index is 12.5. The molecule has 1 amide bonds. The van der Waals surface area contributed by atoms with Gasteiger partial charge in [0.1, 0.15) is 11.4 Å². The van der Waals surface area contributed by atoms with E-state index in [9.17, 15) is 4.79 Å². The third-order valence-corrected chi connectivity index (χ3v) is 9.28. The van der Waals surface area contributed by atoms with Crippen LogP contribution in [0.5, 0.6) is 5.75 Å². The van der Waals surface area contributed by atoms with Crippen LogP contribution in [0, 0.1) is 0 Å². The van der Waals surface area contributed by atoms with Gasteiger partial charge in [-0.2, -0.15) is 4.98 Å². The highest BCUT2D eigenvalue weighted by Gasteiger charge is 2.34. The molecule has 3 aliphatic heterocycles. The summed E-state index contributed by atoms with van der Waals surface area (Å²) in [6.45, 7) is 8.95. The summed E-state index contributed by atoms with van der Waals surface area (Å²) in [6, 6.07) is 7.52. The second-order valence-electron chi connectivity index (χ2n) is 11.9. The summed E-state index contributed by atoms with van der Waals surface area (Å²) in [4.78, 5) is 31.9.